The van der Waals surface area contributed by atoms with Gasteiger partial charge in [-0.2, -0.15) is 0 Å². The second-order valence-corrected chi connectivity index (χ2v) is 7.26. The van der Waals surface area contributed by atoms with Crippen LogP contribution in [0.5, 0.6) is 5.75 Å². The Morgan fingerprint density at radius 1 is 0.846 bits per heavy atom. The fourth-order valence-electron chi connectivity index (χ4n) is 3.83. The Morgan fingerprint density at radius 2 is 1.42 bits per heavy atom. The maximum atomic E-state index is 5.59. The molecule has 2 fully saturated rings. The SMILES string of the molecule is COc1ccc(CCCN2CCOCC2)cc1CCCN1CCOCC1. The summed E-state index contributed by atoms with van der Waals surface area (Å²) in [5, 5.41) is 0. The van der Waals surface area contributed by atoms with Gasteiger partial charge in [-0.3, -0.25) is 9.80 Å². The fraction of sp³-hybridized carbons (Fsp3) is 0.714. The highest BCUT2D eigenvalue weighted by Crippen LogP contribution is 2.22. The van der Waals surface area contributed by atoms with Crippen LogP contribution >= 0.6 is 0 Å². The largest absolute Gasteiger partial charge is 0.496 e. The number of nitrogens with zero attached hydrogens (tertiary/aromatic N) is 2. The van der Waals surface area contributed by atoms with Crippen LogP contribution < -0.4 is 4.74 Å². The lowest BCUT2D eigenvalue weighted by atomic mass is 10.0. The van der Waals surface area contributed by atoms with Gasteiger partial charge in [-0.1, -0.05) is 12.1 Å². The zero-order valence-corrected chi connectivity index (χ0v) is 16.3. The van der Waals surface area contributed by atoms with E-state index in [0.717, 1.165) is 77.7 Å². The minimum atomic E-state index is 0.877. The van der Waals surface area contributed by atoms with Gasteiger partial charge in [0.1, 0.15) is 5.75 Å². The van der Waals surface area contributed by atoms with Gasteiger partial charge in [0.2, 0.25) is 0 Å². The van der Waals surface area contributed by atoms with Crippen LogP contribution in [0.1, 0.15) is 24.0 Å². The van der Waals surface area contributed by atoms with Crippen LogP contribution in [0.2, 0.25) is 0 Å². The van der Waals surface area contributed by atoms with Crippen molar-refractivity contribution in [2.75, 3.05) is 72.8 Å². The predicted molar refractivity (Wildman–Crippen MR) is 104 cm³/mol. The summed E-state index contributed by atoms with van der Waals surface area (Å²) in [4.78, 5) is 5.01. The Kier molecular flexibility index (Phi) is 8.21. The second-order valence-electron chi connectivity index (χ2n) is 7.26. The highest BCUT2D eigenvalue weighted by atomic mass is 16.5. The van der Waals surface area contributed by atoms with Crippen molar-refractivity contribution in [3.63, 3.8) is 0 Å². The average molecular weight is 363 g/mol. The van der Waals surface area contributed by atoms with Gasteiger partial charge in [0.25, 0.3) is 0 Å². The van der Waals surface area contributed by atoms with E-state index in [9.17, 15) is 0 Å². The third kappa shape index (κ3) is 6.23. The molecule has 0 amide bonds. The smallest absolute Gasteiger partial charge is 0.122 e. The Morgan fingerprint density at radius 3 is 2.00 bits per heavy atom. The quantitative estimate of drug-likeness (QED) is 0.673. The molecule has 2 aliphatic rings. The van der Waals surface area contributed by atoms with Crippen molar-refractivity contribution < 1.29 is 14.2 Å². The van der Waals surface area contributed by atoms with Crippen molar-refractivity contribution in [2.24, 2.45) is 0 Å². The van der Waals surface area contributed by atoms with Gasteiger partial charge in [-0.25, -0.2) is 0 Å². The molecule has 2 heterocycles. The van der Waals surface area contributed by atoms with Crippen LogP contribution in [0, 0.1) is 0 Å². The normalized spacial score (nSPS) is 19.6. The van der Waals surface area contributed by atoms with E-state index in [1.54, 1.807) is 7.11 Å². The van der Waals surface area contributed by atoms with E-state index in [0.29, 0.717) is 0 Å². The summed E-state index contributed by atoms with van der Waals surface area (Å²) in [6, 6.07) is 6.73. The van der Waals surface area contributed by atoms with E-state index in [4.69, 9.17) is 14.2 Å². The van der Waals surface area contributed by atoms with Gasteiger partial charge in [-0.05, 0) is 56.0 Å². The molecule has 0 spiro atoms. The first kappa shape index (κ1) is 19.6. The molecule has 3 rings (SSSR count). The zero-order valence-electron chi connectivity index (χ0n) is 16.3. The lowest BCUT2D eigenvalue weighted by molar-refractivity contribution is 0.0374. The first-order valence-corrected chi connectivity index (χ1v) is 10.1. The van der Waals surface area contributed by atoms with Gasteiger partial charge in [0, 0.05) is 26.2 Å². The van der Waals surface area contributed by atoms with E-state index < -0.39 is 0 Å². The number of hydrogen-bond donors (Lipinski definition) is 0. The standard InChI is InChI=1S/C21H34N2O3/c1-24-21-7-6-19(4-2-8-22-10-14-25-15-11-22)18-20(21)5-3-9-23-12-16-26-17-13-23/h6-7,18H,2-5,8-17H2,1H3. The maximum Gasteiger partial charge on any atom is 0.122 e. The Labute approximate surface area is 158 Å². The minimum absolute atomic E-state index is 0.877. The number of ether oxygens (including phenoxy) is 3. The molecule has 0 aliphatic carbocycles. The summed E-state index contributed by atoms with van der Waals surface area (Å²) in [5.74, 6) is 1.03. The summed E-state index contributed by atoms with van der Waals surface area (Å²) in [5.41, 5.74) is 2.78. The number of rotatable bonds is 9. The number of methoxy groups -OCH3 is 1. The molecule has 5 heteroatoms. The molecule has 0 saturated carbocycles. The molecule has 2 aliphatic heterocycles. The Hall–Kier alpha value is -1.14. The molecule has 1 aromatic rings. The first-order chi connectivity index (χ1) is 12.8. The highest BCUT2D eigenvalue weighted by molar-refractivity contribution is 5.37. The number of aryl methyl sites for hydroxylation is 2. The minimum Gasteiger partial charge on any atom is -0.496 e. The van der Waals surface area contributed by atoms with Crippen LogP contribution in [0.3, 0.4) is 0 Å². The Bertz CT molecular complexity index is 526. The van der Waals surface area contributed by atoms with Crippen LogP contribution in [-0.4, -0.2) is 82.6 Å². The summed E-state index contributed by atoms with van der Waals surface area (Å²) < 4.78 is 16.4. The third-order valence-electron chi connectivity index (χ3n) is 5.41. The highest BCUT2D eigenvalue weighted by Gasteiger charge is 2.12. The number of benzene rings is 1. The third-order valence-corrected chi connectivity index (χ3v) is 5.41. The van der Waals surface area contributed by atoms with E-state index in [1.807, 2.05) is 0 Å². The molecule has 146 valence electrons. The van der Waals surface area contributed by atoms with Crippen molar-refractivity contribution >= 4 is 0 Å². The van der Waals surface area contributed by atoms with Crippen LogP contribution in [0.15, 0.2) is 18.2 Å². The van der Waals surface area contributed by atoms with Gasteiger partial charge in [-0.15, -0.1) is 0 Å². The summed E-state index contributed by atoms with van der Waals surface area (Å²) in [6.07, 6.45) is 4.60. The molecule has 0 atom stereocenters. The van der Waals surface area contributed by atoms with Gasteiger partial charge in [0.15, 0.2) is 0 Å². The molecule has 5 nitrogen and oxygen atoms in total. The van der Waals surface area contributed by atoms with Crippen LogP contribution in [0.25, 0.3) is 0 Å². The molecule has 0 radical (unpaired) electrons. The molecule has 26 heavy (non-hydrogen) atoms. The van der Waals surface area contributed by atoms with Crippen molar-refractivity contribution in [3.8, 4) is 5.75 Å². The molecule has 0 unspecified atom stereocenters. The average Bonchev–Trinajstić information content (AvgIpc) is 2.70. The zero-order chi connectivity index (χ0) is 18.0. The second kappa shape index (κ2) is 10.9. The molecular weight excluding hydrogens is 328 g/mol. The monoisotopic (exact) mass is 362 g/mol. The summed E-state index contributed by atoms with van der Waals surface area (Å²) in [6.45, 7) is 10.1. The van der Waals surface area contributed by atoms with E-state index in [2.05, 4.69) is 28.0 Å². The molecule has 0 aromatic heterocycles. The lowest BCUT2D eigenvalue weighted by Crippen LogP contribution is -2.37. The number of hydrogen-bond acceptors (Lipinski definition) is 5. The van der Waals surface area contributed by atoms with Crippen molar-refractivity contribution in [1.29, 1.82) is 0 Å². The molecule has 0 bridgehead atoms. The molecule has 1 aromatic carbocycles. The van der Waals surface area contributed by atoms with Crippen molar-refractivity contribution in [1.82, 2.24) is 9.80 Å². The summed E-state index contributed by atoms with van der Waals surface area (Å²) in [7, 11) is 1.78. The lowest BCUT2D eigenvalue weighted by Gasteiger charge is -2.26. The van der Waals surface area contributed by atoms with E-state index in [1.165, 1.54) is 30.5 Å². The summed E-state index contributed by atoms with van der Waals surface area (Å²) >= 11 is 0. The van der Waals surface area contributed by atoms with Gasteiger partial charge < -0.3 is 14.2 Å². The Balaban J connectivity index is 1.45. The van der Waals surface area contributed by atoms with E-state index >= 15 is 0 Å². The molecular formula is C21H34N2O3. The number of morpholine rings is 2. The first-order valence-electron chi connectivity index (χ1n) is 10.1. The van der Waals surface area contributed by atoms with Gasteiger partial charge in [0.05, 0.1) is 33.5 Å². The van der Waals surface area contributed by atoms with E-state index in [-0.39, 0.29) is 0 Å². The molecule has 0 N–H and O–H groups in total. The topological polar surface area (TPSA) is 34.2 Å². The van der Waals surface area contributed by atoms with Gasteiger partial charge >= 0.3 is 0 Å². The van der Waals surface area contributed by atoms with Crippen LogP contribution in [-0.2, 0) is 22.3 Å². The van der Waals surface area contributed by atoms with Crippen LogP contribution in [0.4, 0.5) is 0 Å². The van der Waals surface area contributed by atoms with Crippen molar-refractivity contribution in [3.05, 3.63) is 29.3 Å². The van der Waals surface area contributed by atoms with Crippen molar-refractivity contribution in [2.45, 2.75) is 25.7 Å². The predicted octanol–water partition coefficient (Wildman–Crippen LogP) is 2.22. The fourth-order valence-corrected chi connectivity index (χ4v) is 3.83. The maximum absolute atomic E-state index is 5.59. The molecule has 2 saturated heterocycles.